The molecule has 0 radical (unpaired) electrons. The van der Waals surface area contributed by atoms with Crippen LogP contribution >= 0.6 is 0 Å². The molecule has 8 heteroatoms. The van der Waals surface area contributed by atoms with Crippen molar-refractivity contribution in [3.05, 3.63) is 24.1 Å². The number of nitrogens with zero attached hydrogens (tertiary/aromatic N) is 5. The van der Waals surface area contributed by atoms with Gasteiger partial charge in [-0.1, -0.05) is 5.16 Å². The van der Waals surface area contributed by atoms with Crippen molar-refractivity contribution in [2.24, 2.45) is 0 Å². The van der Waals surface area contributed by atoms with Crippen molar-refractivity contribution >= 4 is 5.82 Å². The number of aliphatic hydroxyl groups is 1. The Balaban J connectivity index is 1.47. The van der Waals surface area contributed by atoms with Crippen LogP contribution in [0.25, 0.3) is 0 Å². The summed E-state index contributed by atoms with van der Waals surface area (Å²) in [6.07, 6.45) is 5.67. The Labute approximate surface area is 139 Å². The monoisotopic (exact) mass is 331 g/mol. The predicted octanol–water partition coefficient (Wildman–Crippen LogP) is 1.32. The van der Waals surface area contributed by atoms with Crippen LogP contribution in [-0.2, 0) is 6.42 Å². The van der Waals surface area contributed by atoms with Crippen molar-refractivity contribution in [2.75, 3.05) is 25.1 Å². The standard InChI is InChI=1S/C16H21N5O3/c1-23-13-7-12(17-10-18-13)21-6-2-5-16(22,9-21)8-14-19-15(20-24-14)11-3-4-11/h7,10-11,22H,2-6,8-9H2,1H3. The van der Waals surface area contributed by atoms with Gasteiger partial charge in [0.1, 0.15) is 12.1 Å². The third-order valence-electron chi connectivity index (χ3n) is 4.62. The van der Waals surface area contributed by atoms with E-state index in [2.05, 4.69) is 20.1 Å². The molecule has 2 fully saturated rings. The maximum Gasteiger partial charge on any atom is 0.229 e. The second kappa shape index (κ2) is 6.01. The molecule has 2 aliphatic rings. The number of hydrogen-bond donors (Lipinski definition) is 1. The van der Waals surface area contributed by atoms with Crippen molar-refractivity contribution in [3.63, 3.8) is 0 Å². The molecule has 0 bridgehead atoms. The summed E-state index contributed by atoms with van der Waals surface area (Å²) in [7, 11) is 1.58. The summed E-state index contributed by atoms with van der Waals surface area (Å²) >= 11 is 0. The fourth-order valence-electron chi connectivity index (χ4n) is 3.20. The molecule has 0 amide bonds. The Hall–Kier alpha value is -2.22. The molecule has 2 aromatic rings. The first kappa shape index (κ1) is 15.3. The van der Waals surface area contributed by atoms with Crippen LogP contribution in [0.15, 0.2) is 16.9 Å². The number of methoxy groups -OCH3 is 1. The van der Waals surface area contributed by atoms with Gasteiger partial charge in [0.05, 0.1) is 19.1 Å². The van der Waals surface area contributed by atoms with E-state index in [9.17, 15) is 5.11 Å². The Bertz CT molecular complexity index is 717. The quantitative estimate of drug-likeness (QED) is 0.876. The van der Waals surface area contributed by atoms with Gasteiger partial charge in [-0.05, 0) is 25.7 Å². The number of ether oxygens (including phenoxy) is 1. The zero-order valence-corrected chi connectivity index (χ0v) is 13.7. The molecule has 24 heavy (non-hydrogen) atoms. The third kappa shape index (κ3) is 3.19. The Morgan fingerprint density at radius 1 is 1.42 bits per heavy atom. The van der Waals surface area contributed by atoms with Crippen LogP contribution < -0.4 is 9.64 Å². The van der Waals surface area contributed by atoms with E-state index in [-0.39, 0.29) is 0 Å². The maximum atomic E-state index is 11.0. The van der Waals surface area contributed by atoms with E-state index in [1.54, 1.807) is 13.2 Å². The molecule has 1 atom stereocenters. The minimum Gasteiger partial charge on any atom is -0.481 e. The summed E-state index contributed by atoms with van der Waals surface area (Å²) in [5.41, 5.74) is -0.899. The van der Waals surface area contributed by atoms with Crippen molar-refractivity contribution in [1.82, 2.24) is 20.1 Å². The van der Waals surface area contributed by atoms with E-state index in [0.29, 0.717) is 37.1 Å². The van der Waals surface area contributed by atoms with Crippen molar-refractivity contribution < 1.29 is 14.4 Å². The van der Waals surface area contributed by atoms with Gasteiger partial charge in [0.25, 0.3) is 0 Å². The van der Waals surface area contributed by atoms with E-state index in [0.717, 1.165) is 37.4 Å². The van der Waals surface area contributed by atoms with Gasteiger partial charge in [0.2, 0.25) is 11.8 Å². The molecule has 3 heterocycles. The zero-order valence-electron chi connectivity index (χ0n) is 13.7. The first-order valence-corrected chi connectivity index (χ1v) is 8.31. The van der Waals surface area contributed by atoms with Crippen LogP contribution in [0.3, 0.4) is 0 Å². The van der Waals surface area contributed by atoms with Gasteiger partial charge in [-0.15, -0.1) is 0 Å². The van der Waals surface area contributed by atoms with Crippen LogP contribution in [0.4, 0.5) is 5.82 Å². The Morgan fingerprint density at radius 3 is 3.08 bits per heavy atom. The largest absolute Gasteiger partial charge is 0.481 e. The van der Waals surface area contributed by atoms with Gasteiger partial charge in [-0.25, -0.2) is 9.97 Å². The summed E-state index contributed by atoms with van der Waals surface area (Å²) in [4.78, 5) is 14.8. The van der Waals surface area contributed by atoms with Crippen molar-refractivity contribution in [3.8, 4) is 5.88 Å². The van der Waals surface area contributed by atoms with Crippen LogP contribution in [-0.4, -0.2) is 51.0 Å². The molecular weight excluding hydrogens is 310 g/mol. The molecular formula is C16H21N5O3. The molecule has 1 aliphatic heterocycles. The number of anilines is 1. The van der Waals surface area contributed by atoms with Crippen molar-refractivity contribution in [2.45, 2.75) is 43.6 Å². The van der Waals surface area contributed by atoms with E-state index in [4.69, 9.17) is 9.26 Å². The first-order valence-electron chi connectivity index (χ1n) is 8.31. The number of piperidine rings is 1. The molecule has 2 aromatic heterocycles. The predicted molar refractivity (Wildman–Crippen MR) is 85.0 cm³/mol. The smallest absolute Gasteiger partial charge is 0.229 e. The highest BCUT2D eigenvalue weighted by molar-refractivity contribution is 5.42. The summed E-state index contributed by atoms with van der Waals surface area (Å²) in [6.45, 7) is 1.30. The number of aromatic nitrogens is 4. The van der Waals surface area contributed by atoms with Crippen LogP contribution in [0.1, 0.15) is 43.3 Å². The number of β-amino-alcohol motifs (C(OH)–C–C–N with tert-alkyl or cyclic N) is 1. The fraction of sp³-hybridized carbons (Fsp3) is 0.625. The average molecular weight is 331 g/mol. The molecule has 8 nitrogen and oxygen atoms in total. The van der Waals surface area contributed by atoms with Gasteiger partial charge in [0, 0.05) is 25.1 Å². The maximum absolute atomic E-state index is 11.0. The molecule has 0 spiro atoms. The highest BCUT2D eigenvalue weighted by Gasteiger charge is 2.37. The fourth-order valence-corrected chi connectivity index (χ4v) is 3.20. The SMILES string of the molecule is COc1cc(N2CCCC(O)(Cc3nc(C4CC4)no3)C2)ncn1. The lowest BCUT2D eigenvalue weighted by molar-refractivity contribution is 0.0191. The normalized spacial score (nSPS) is 24.2. The van der Waals surface area contributed by atoms with E-state index in [1.807, 2.05) is 4.90 Å². The van der Waals surface area contributed by atoms with E-state index < -0.39 is 5.60 Å². The highest BCUT2D eigenvalue weighted by Crippen LogP contribution is 2.38. The van der Waals surface area contributed by atoms with Crippen LogP contribution in [0.5, 0.6) is 5.88 Å². The minimum absolute atomic E-state index is 0.367. The molecule has 1 aliphatic carbocycles. The van der Waals surface area contributed by atoms with Crippen LogP contribution in [0, 0.1) is 0 Å². The summed E-state index contributed by atoms with van der Waals surface area (Å²) in [6, 6.07) is 1.78. The Kier molecular flexibility index (Phi) is 3.84. The summed E-state index contributed by atoms with van der Waals surface area (Å²) in [5.74, 6) is 3.01. The lowest BCUT2D eigenvalue weighted by Crippen LogP contribution is -2.50. The molecule has 0 aromatic carbocycles. The second-order valence-corrected chi connectivity index (χ2v) is 6.67. The number of hydrogen-bond acceptors (Lipinski definition) is 8. The molecule has 128 valence electrons. The Morgan fingerprint density at radius 2 is 2.29 bits per heavy atom. The minimum atomic E-state index is -0.899. The van der Waals surface area contributed by atoms with Gasteiger partial charge >= 0.3 is 0 Å². The van der Waals surface area contributed by atoms with Gasteiger partial charge in [-0.2, -0.15) is 4.98 Å². The zero-order chi connectivity index (χ0) is 16.6. The number of rotatable bonds is 5. The van der Waals surface area contributed by atoms with Gasteiger partial charge in [0.15, 0.2) is 5.82 Å². The van der Waals surface area contributed by atoms with Crippen molar-refractivity contribution in [1.29, 1.82) is 0 Å². The lowest BCUT2D eigenvalue weighted by atomic mass is 9.89. The average Bonchev–Trinajstić information content (AvgIpc) is 3.35. The topological polar surface area (TPSA) is 97.4 Å². The molecule has 1 N–H and O–H groups in total. The van der Waals surface area contributed by atoms with E-state index >= 15 is 0 Å². The summed E-state index contributed by atoms with van der Waals surface area (Å²) in [5, 5.41) is 15.0. The molecule has 1 saturated carbocycles. The molecule has 1 unspecified atom stereocenters. The second-order valence-electron chi connectivity index (χ2n) is 6.67. The third-order valence-corrected chi connectivity index (χ3v) is 4.62. The van der Waals surface area contributed by atoms with E-state index in [1.165, 1.54) is 6.33 Å². The molecule has 4 rings (SSSR count). The molecule has 1 saturated heterocycles. The van der Waals surface area contributed by atoms with Crippen LogP contribution in [0.2, 0.25) is 0 Å². The highest BCUT2D eigenvalue weighted by atomic mass is 16.5. The van der Waals surface area contributed by atoms with Gasteiger partial charge in [-0.3, -0.25) is 0 Å². The lowest BCUT2D eigenvalue weighted by Gasteiger charge is -2.39. The first-order chi connectivity index (χ1) is 11.6. The summed E-state index contributed by atoms with van der Waals surface area (Å²) < 4.78 is 10.5. The van der Waals surface area contributed by atoms with Gasteiger partial charge < -0.3 is 19.3 Å².